The van der Waals surface area contributed by atoms with Crippen LogP contribution < -0.4 is 0 Å². The highest BCUT2D eigenvalue weighted by Gasteiger charge is 2.17. The SMILES string of the molecule is N#CC(C(=O)O)=C(c1ccc(O)cc1)c1ccc(O)cc1. The standard InChI is InChI=1S/C16H11NO4/c17-9-14(16(20)21)15(10-1-5-12(18)6-2-10)11-3-7-13(19)8-4-11/h1-8,18-19H,(H,20,21). The third-order valence-electron chi connectivity index (χ3n) is 2.89. The Balaban J connectivity index is 2.71. The highest BCUT2D eigenvalue weighted by molar-refractivity contribution is 6.04. The number of nitriles is 1. The van der Waals surface area contributed by atoms with Crippen LogP contribution in [-0.2, 0) is 4.79 Å². The van der Waals surface area contributed by atoms with Crippen LogP contribution in [0.5, 0.6) is 11.5 Å². The Morgan fingerprint density at radius 1 is 0.857 bits per heavy atom. The number of hydrogen-bond acceptors (Lipinski definition) is 4. The van der Waals surface area contributed by atoms with E-state index in [9.17, 15) is 20.1 Å². The average molecular weight is 281 g/mol. The van der Waals surface area contributed by atoms with Crippen LogP contribution >= 0.6 is 0 Å². The van der Waals surface area contributed by atoms with Gasteiger partial charge in [-0.15, -0.1) is 0 Å². The smallest absolute Gasteiger partial charge is 0.347 e. The van der Waals surface area contributed by atoms with Crippen molar-refractivity contribution in [2.24, 2.45) is 0 Å². The summed E-state index contributed by atoms with van der Waals surface area (Å²) in [5.74, 6) is -1.26. The molecule has 3 N–H and O–H groups in total. The average Bonchev–Trinajstić information content (AvgIpc) is 2.46. The number of nitrogens with zero attached hydrogens (tertiary/aromatic N) is 1. The highest BCUT2D eigenvalue weighted by Crippen LogP contribution is 2.29. The molecule has 21 heavy (non-hydrogen) atoms. The fourth-order valence-corrected chi connectivity index (χ4v) is 1.92. The minimum Gasteiger partial charge on any atom is -0.508 e. The van der Waals surface area contributed by atoms with E-state index in [1.54, 1.807) is 6.07 Å². The molecule has 5 nitrogen and oxygen atoms in total. The Bertz CT molecular complexity index is 690. The first-order chi connectivity index (χ1) is 10.0. The zero-order chi connectivity index (χ0) is 15.4. The van der Waals surface area contributed by atoms with Gasteiger partial charge in [0.2, 0.25) is 0 Å². The molecule has 0 heterocycles. The van der Waals surface area contributed by atoms with Crippen molar-refractivity contribution in [2.75, 3.05) is 0 Å². The summed E-state index contributed by atoms with van der Waals surface area (Å²) < 4.78 is 0. The van der Waals surface area contributed by atoms with Crippen LogP contribution in [0.3, 0.4) is 0 Å². The molecule has 0 aliphatic carbocycles. The molecule has 0 fully saturated rings. The van der Waals surface area contributed by atoms with Crippen molar-refractivity contribution < 1.29 is 20.1 Å². The van der Waals surface area contributed by atoms with E-state index in [-0.39, 0.29) is 17.1 Å². The number of benzene rings is 2. The van der Waals surface area contributed by atoms with E-state index in [4.69, 9.17) is 5.26 Å². The molecule has 0 radical (unpaired) electrons. The van der Waals surface area contributed by atoms with Crippen LogP contribution in [0.25, 0.3) is 5.57 Å². The fraction of sp³-hybridized carbons (Fsp3) is 0. The summed E-state index contributed by atoms with van der Waals surface area (Å²) in [4.78, 5) is 11.3. The number of phenols is 2. The van der Waals surface area contributed by atoms with Gasteiger partial charge in [-0.2, -0.15) is 5.26 Å². The van der Waals surface area contributed by atoms with Gasteiger partial charge in [-0.05, 0) is 35.4 Å². The molecule has 0 saturated heterocycles. The largest absolute Gasteiger partial charge is 0.508 e. The molecule has 104 valence electrons. The van der Waals surface area contributed by atoms with Crippen molar-refractivity contribution in [3.8, 4) is 17.6 Å². The third-order valence-corrected chi connectivity index (χ3v) is 2.89. The summed E-state index contributed by atoms with van der Waals surface area (Å²) in [6.07, 6.45) is 0. The van der Waals surface area contributed by atoms with Gasteiger partial charge in [0.1, 0.15) is 23.1 Å². The summed E-state index contributed by atoms with van der Waals surface area (Å²) in [6, 6.07) is 13.4. The van der Waals surface area contributed by atoms with Gasteiger partial charge >= 0.3 is 5.97 Å². The normalized spacial score (nSPS) is 9.67. The molecule has 2 aromatic carbocycles. The summed E-state index contributed by atoms with van der Waals surface area (Å²) in [5, 5.41) is 36.9. The van der Waals surface area contributed by atoms with Crippen molar-refractivity contribution in [3.05, 3.63) is 65.2 Å². The molecule has 2 rings (SSSR count). The topological polar surface area (TPSA) is 102 Å². The monoisotopic (exact) mass is 281 g/mol. The fourth-order valence-electron chi connectivity index (χ4n) is 1.92. The van der Waals surface area contributed by atoms with Crippen LogP contribution in [0.1, 0.15) is 11.1 Å². The molecule has 0 spiro atoms. The number of phenolic OH excluding ortho intramolecular Hbond substituents is 2. The quantitative estimate of drug-likeness (QED) is 0.592. The van der Waals surface area contributed by atoms with Gasteiger partial charge in [0.15, 0.2) is 0 Å². The third kappa shape index (κ3) is 3.01. The lowest BCUT2D eigenvalue weighted by atomic mass is 9.93. The number of aromatic hydroxyl groups is 2. The van der Waals surface area contributed by atoms with Gasteiger partial charge in [0.25, 0.3) is 0 Å². The number of rotatable bonds is 3. The molecule has 5 heteroatoms. The minimum absolute atomic E-state index is 0.0395. The highest BCUT2D eigenvalue weighted by atomic mass is 16.4. The maximum Gasteiger partial charge on any atom is 0.347 e. The van der Waals surface area contributed by atoms with E-state index < -0.39 is 11.5 Å². The van der Waals surface area contributed by atoms with Crippen molar-refractivity contribution in [3.63, 3.8) is 0 Å². The Morgan fingerprint density at radius 3 is 1.52 bits per heavy atom. The lowest BCUT2D eigenvalue weighted by Crippen LogP contribution is -2.03. The van der Waals surface area contributed by atoms with Crippen LogP contribution in [0.15, 0.2) is 54.1 Å². The molecule has 0 unspecified atom stereocenters. The van der Waals surface area contributed by atoms with E-state index in [1.807, 2.05) is 0 Å². The minimum atomic E-state index is -1.34. The molecule has 0 amide bonds. The summed E-state index contributed by atoms with van der Waals surface area (Å²) >= 11 is 0. The molecule has 0 atom stereocenters. The van der Waals surface area contributed by atoms with Crippen LogP contribution in [-0.4, -0.2) is 21.3 Å². The lowest BCUT2D eigenvalue weighted by Gasteiger charge is -2.10. The Hall–Kier alpha value is -3.26. The van der Waals surface area contributed by atoms with Gasteiger partial charge in [-0.25, -0.2) is 4.79 Å². The first kappa shape index (κ1) is 14.2. The second-order valence-corrected chi connectivity index (χ2v) is 4.26. The summed E-state index contributed by atoms with van der Waals surface area (Å²) in [5.41, 5.74) is 0.784. The van der Waals surface area contributed by atoms with Crippen molar-refractivity contribution in [1.82, 2.24) is 0 Å². The molecule has 0 saturated carbocycles. The molecule has 2 aromatic rings. The second-order valence-electron chi connectivity index (χ2n) is 4.26. The predicted molar refractivity (Wildman–Crippen MR) is 75.5 cm³/mol. The first-order valence-corrected chi connectivity index (χ1v) is 5.99. The Kier molecular flexibility index (Phi) is 3.91. The van der Waals surface area contributed by atoms with Crippen LogP contribution in [0.2, 0.25) is 0 Å². The van der Waals surface area contributed by atoms with Gasteiger partial charge in [0.05, 0.1) is 0 Å². The van der Waals surface area contributed by atoms with E-state index in [0.29, 0.717) is 11.1 Å². The van der Waals surface area contributed by atoms with Gasteiger partial charge in [-0.3, -0.25) is 0 Å². The Morgan fingerprint density at radius 2 is 1.24 bits per heavy atom. The zero-order valence-corrected chi connectivity index (χ0v) is 10.8. The lowest BCUT2D eigenvalue weighted by molar-refractivity contribution is -0.132. The van der Waals surface area contributed by atoms with Crippen molar-refractivity contribution in [1.29, 1.82) is 5.26 Å². The number of carbonyl (C=O) groups is 1. The van der Waals surface area contributed by atoms with E-state index in [0.717, 1.165) is 0 Å². The molecular formula is C16H11NO4. The van der Waals surface area contributed by atoms with Crippen molar-refractivity contribution >= 4 is 11.5 Å². The Labute approximate surface area is 120 Å². The number of aliphatic carboxylic acids is 1. The molecule has 0 aromatic heterocycles. The molecular weight excluding hydrogens is 270 g/mol. The van der Waals surface area contributed by atoms with Gasteiger partial charge in [0, 0.05) is 5.57 Å². The summed E-state index contributed by atoms with van der Waals surface area (Å²) in [6.45, 7) is 0. The van der Waals surface area contributed by atoms with Crippen molar-refractivity contribution in [2.45, 2.75) is 0 Å². The van der Waals surface area contributed by atoms with E-state index in [2.05, 4.69) is 0 Å². The zero-order valence-electron chi connectivity index (χ0n) is 10.8. The van der Waals surface area contributed by atoms with Gasteiger partial charge in [-0.1, -0.05) is 24.3 Å². The van der Waals surface area contributed by atoms with Gasteiger partial charge < -0.3 is 15.3 Å². The maximum absolute atomic E-state index is 11.3. The number of carboxylic acid groups (broad SMARTS) is 1. The second kappa shape index (κ2) is 5.80. The van der Waals surface area contributed by atoms with Crippen LogP contribution in [0, 0.1) is 11.3 Å². The van der Waals surface area contributed by atoms with Crippen LogP contribution in [0.4, 0.5) is 0 Å². The van der Waals surface area contributed by atoms with E-state index >= 15 is 0 Å². The number of hydrogen-bond donors (Lipinski definition) is 3. The summed E-state index contributed by atoms with van der Waals surface area (Å²) in [7, 11) is 0. The predicted octanol–water partition coefficient (Wildman–Crippen LogP) is 2.51. The molecule has 0 bridgehead atoms. The molecule has 0 aliphatic heterocycles. The first-order valence-electron chi connectivity index (χ1n) is 5.99. The number of carboxylic acids is 1. The van der Waals surface area contributed by atoms with E-state index in [1.165, 1.54) is 48.5 Å². The molecule has 0 aliphatic rings. The maximum atomic E-state index is 11.3.